The van der Waals surface area contributed by atoms with Gasteiger partial charge in [-0.1, -0.05) is 23.7 Å². The lowest BCUT2D eigenvalue weighted by atomic mass is 10.1. The molecule has 0 saturated carbocycles. The van der Waals surface area contributed by atoms with Crippen molar-refractivity contribution in [1.82, 2.24) is 9.80 Å². The van der Waals surface area contributed by atoms with Gasteiger partial charge in [-0.05, 0) is 56.7 Å². The summed E-state index contributed by atoms with van der Waals surface area (Å²) in [4.78, 5) is 28.1. The van der Waals surface area contributed by atoms with E-state index in [2.05, 4.69) is 11.8 Å². The first-order valence-electron chi connectivity index (χ1n) is 11.2. The van der Waals surface area contributed by atoms with Crippen molar-refractivity contribution >= 4 is 23.5 Å². The van der Waals surface area contributed by atoms with Crippen LogP contribution in [0.25, 0.3) is 0 Å². The Hall–Kier alpha value is -2.68. The van der Waals surface area contributed by atoms with Crippen molar-refractivity contribution in [2.45, 2.75) is 52.1 Å². The Labute approximate surface area is 204 Å². The van der Waals surface area contributed by atoms with Crippen LogP contribution in [0.4, 0.5) is 4.39 Å². The lowest BCUT2D eigenvalue weighted by Gasteiger charge is -2.44. The standard InChI is InChI=1S/C25H30ClFN2O5/c1-16-12-29(17(2)11-28(16)13-19-4-7-22(27)8-5-19)24(30)15-34-23-9-6-21(26)10-20(23)14-33-18(3)25(31)32/h4-10,16-18H,11-15H2,1-3H3,(H,31,32)/t16-,17+,18+/m0/s1. The van der Waals surface area contributed by atoms with Crippen LogP contribution in [0.3, 0.4) is 0 Å². The maximum absolute atomic E-state index is 13.2. The van der Waals surface area contributed by atoms with Crippen molar-refractivity contribution < 1.29 is 28.6 Å². The molecule has 1 heterocycles. The first-order chi connectivity index (χ1) is 16.1. The SMILES string of the molecule is C[C@@H]1CN(Cc2ccc(F)cc2)[C@@H](C)CN1C(=O)COc1ccc(Cl)cc1CO[C@H](C)C(=O)O. The fourth-order valence-electron chi connectivity index (χ4n) is 3.90. The van der Waals surface area contributed by atoms with E-state index in [-0.39, 0.29) is 37.0 Å². The van der Waals surface area contributed by atoms with Gasteiger partial charge in [-0.25, -0.2) is 9.18 Å². The molecule has 0 radical (unpaired) electrons. The molecule has 2 aromatic carbocycles. The van der Waals surface area contributed by atoms with Crippen LogP contribution in [0.1, 0.15) is 31.9 Å². The highest BCUT2D eigenvalue weighted by Gasteiger charge is 2.32. The van der Waals surface area contributed by atoms with Crippen LogP contribution < -0.4 is 4.74 Å². The minimum Gasteiger partial charge on any atom is -0.483 e. The molecule has 7 nitrogen and oxygen atoms in total. The van der Waals surface area contributed by atoms with Crippen molar-refractivity contribution in [1.29, 1.82) is 0 Å². The van der Waals surface area contributed by atoms with Gasteiger partial charge in [-0.2, -0.15) is 0 Å². The third kappa shape index (κ3) is 6.91. The van der Waals surface area contributed by atoms with E-state index in [9.17, 15) is 14.0 Å². The summed E-state index contributed by atoms with van der Waals surface area (Å²) >= 11 is 6.07. The van der Waals surface area contributed by atoms with Crippen LogP contribution in [-0.2, 0) is 27.5 Å². The smallest absolute Gasteiger partial charge is 0.332 e. The maximum Gasteiger partial charge on any atom is 0.332 e. The quantitative estimate of drug-likeness (QED) is 0.570. The van der Waals surface area contributed by atoms with E-state index in [1.54, 1.807) is 30.3 Å². The highest BCUT2D eigenvalue weighted by molar-refractivity contribution is 6.30. The molecular formula is C25H30ClFN2O5. The second-order valence-corrected chi connectivity index (χ2v) is 9.07. The molecule has 1 aliphatic heterocycles. The highest BCUT2D eigenvalue weighted by Crippen LogP contribution is 2.25. The zero-order valence-corrected chi connectivity index (χ0v) is 20.3. The average Bonchev–Trinajstić information content (AvgIpc) is 2.80. The molecular weight excluding hydrogens is 463 g/mol. The zero-order valence-electron chi connectivity index (χ0n) is 19.5. The number of piperazine rings is 1. The average molecular weight is 493 g/mol. The topological polar surface area (TPSA) is 79.3 Å². The lowest BCUT2D eigenvalue weighted by Crippen LogP contribution is -2.58. The number of benzene rings is 2. The number of amides is 1. The molecule has 9 heteroatoms. The lowest BCUT2D eigenvalue weighted by molar-refractivity contribution is -0.149. The van der Waals surface area contributed by atoms with Crippen LogP contribution in [0.5, 0.6) is 5.75 Å². The number of aliphatic carboxylic acids is 1. The molecule has 1 aliphatic rings. The first-order valence-corrected chi connectivity index (χ1v) is 11.6. The summed E-state index contributed by atoms with van der Waals surface area (Å²) in [6, 6.07) is 11.5. The molecule has 0 unspecified atom stereocenters. The van der Waals surface area contributed by atoms with Gasteiger partial charge in [-0.3, -0.25) is 9.69 Å². The minimum absolute atomic E-state index is 0.00690. The molecule has 0 bridgehead atoms. The van der Waals surface area contributed by atoms with E-state index in [4.69, 9.17) is 26.2 Å². The third-order valence-corrected chi connectivity index (χ3v) is 6.18. The van der Waals surface area contributed by atoms with Gasteiger partial charge in [0.05, 0.1) is 6.61 Å². The normalized spacial score (nSPS) is 19.6. The largest absolute Gasteiger partial charge is 0.483 e. The van der Waals surface area contributed by atoms with Crippen molar-refractivity contribution in [2.75, 3.05) is 19.7 Å². The number of hydrogen-bond acceptors (Lipinski definition) is 5. The summed E-state index contributed by atoms with van der Waals surface area (Å²) in [5.41, 5.74) is 1.59. The minimum atomic E-state index is -1.07. The van der Waals surface area contributed by atoms with E-state index in [1.165, 1.54) is 19.1 Å². The molecule has 1 N–H and O–H groups in total. The molecule has 0 aromatic heterocycles. The molecule has 1 amide bonds. The summed E-state index contributed by atoms with van der Waals surface area (Å²) in [6.45, 7) is 7.27. The third-order valence-electron chi connectivity index (χ3n) is 5.94. The van der Waals surface area contributed by atoms with Crippen LogP contribution in [0, 0.1) is 5.82 Å². The Morgan fingerprint density at radius 2 is 1.85 bits per heavy atom. The summed E-state index contributed by atoms with van der Waals surface area (Å²) in [6.07, 6.45) is -0.984. The predicted molar refractivity (Wildman–Crippen MR) is 126 cm³/mol. The molecule has 2 aromatic rings. The molecule has 1 fully saturated rings. The number of carbonyl (C=O) groups excluding carboxylic acids is 1. The van der Waals surface area contributed by atoms with Crippen molar-refractivity contribution in [2.24, 2.45) is 0 Å². The van der Waals surface area contributed by atoms with E-state index < -0.39 is 12.1 Å². The van der Waals surface area contributed by atoms with E-state index in [0.29, 0.717) is 36.0 Å². The van der Waals surface area contributed by atoms with Crippen molar-refractivity contribution in [3.8, 4) is 5.75 Å². The Bertz CT molecular complexity index is 1000. The Morgan fingerprint density at radius 3 is 2.53 bits per heavy atom. The predicted octanol–water partition coefficient (Wildman–Crippen LogP) is 3.97. The molecule has 0 aliphatic carbocycles. The van der Waals surface area contributed by atoms with Gasteiger partial charge < -0.3 is 19.5 Å². The first kappa shape index (κ1) is 25.9. The fourth-order valence-corrected chi connectivity index (χ4v) is 4.10. The maximum atomic E-state index is 13.2. The van der Waals surface area contributed by atoms with Crippen molar-refractivity contribution in [3.05, 3.63) is 64.4 Å². The van der Waals surface area contributed by atoms with Gasteiger partial charge in [0, 0.05) is 42.3 Å². The van der Waals surface area contributed by atoms with Gasteiger partial charge >= 0.3 is 5.97 Å². The Balaban J connectivity index is 1.58. The zero-order chi connectivity index (χ0) is 24.8. The van der Waals surface area contributed by atoms with E-state index in [0.717, 1.165) is 5.56 Å². The number of rotatable bonds is 9. The monoisotopic (exact) mass is 492 g/mol. The number of carbonyl (C=O) groups is 2. The van der Waals surface area contributed by atoms with Gasteiger partial charge in [-0.15, -0.1) is 0 Å². The summed E-state index contributed by atoms with van der Waals surface area (Å²) in [5.74, 6) is -1.04. The van der Waals surface area contributed by atoms with E-state index >= 15 is 0 Å². The van der Waals surface area contributed by atoms with Gasteiger partial charge in [0.25, 0.3) is 5.91 Å². The van der Waals surface area contributed by atoms with Crippen LogP contribution in [0.15, 0.2) is 42.5 Å². The molecule has 3 rings (SSSR count). The fraction of sp³-hybridized carbons (Fsp3) is 0.440. The molecule has 0 spiro atoms. The Morgan fingerprint density at radius 1 is 1.15 bits per heavy atom. The van der Waals surface area contributed by atoms with Gasteiger partial charge in [0.2, 0.25) is 0 Å². The highest BCUT2D eigenvalue weighted by atomic mass is 35.5. The number of ether oxygens (including phenoxy) is 2. The number of carboxylic acid groups (broad SMARTS) is 1. The second-order valence-electron chi connectivity index (χ2n) is 8.63. The van der Waals surface area contributed by atoms with Crippen LogP contribution in [-0.4, -0.2) is 64.7 Å². The molecule has 3 atom stereocenters. The summed E-state index contributed by atoms with van der Waals surface area (Å²) in [7, 11) is 0. The number of carboxylic acids is 1. The number of nitrogens with zero attached hydrogens (tertiary/aromatic N) is 2. The van der Waals surface area contributed by atoms with Gasteiger partial charge in [0.1, 0.15) is 11.6 Å². The second kappa shape index (κ2) is 11.6. The number of hydrogen-bond donors (Lipinski definition) is 1. The van der Waals surface area contributed by atoms with Crippen molar-refractivity contribution in [3.63, 3.8) is 0 Å². The number of halogens is 2. The summed E-state index contributed by atoms with van der Waals surface area (Å²) < 4.78 is 24.3. The Kier molecular flexibility index (Phi) is 8.88. The van der Waals surface area contributed by atoms with Crippen LogP contribution in [0.2, 0.25) is 5.02 Å². The summed E-state index contributed by atoms with van der Waals surface area (Å²) in [5, 5.41) is 9.47. The van der Waals surface area contributed by atoms with E-state index in [1.807, 2.05) is 11.8 Å². The molecule has 184 valence electrons. The molecule has 34 heavy (non-hydrogen) atoms. The molecule has 1 saturated heterocycles. The van der Waals surface area contributed by atoms with Crippen LogP contribution >= 0.6 is 11.6 Å². The van der Waals surface area contributed by atoms with Gasteiger partial charge in [0.15, 0.2) is 12.7 Å².